The molecule has 0 saturated carbocycles. The van der Waals surface area contributed by atoms with Gasteiger partial charge in [-0.15, -0.1) is 0 Å². The molecule has 1 aromatic heterocycles. The highest BCUT2D eigenvalue weighted by Gasteiger charge is 2.12. The quantitative estimate of drug-likeness (QED) is 0.870. The van der Waals surface area contributed by atoms with E-state index in [1.54, 1.807) is 6.20 Å². The summed E-state index contributed by atoms with van der Waals surface area (Å²) in [6.45, 7) is 3.77. The van der Waals surface area contributed by atoms with E-state index in [2.05, 4.69) is 20.6 Å². The lowest BCUT2D eigenvalue weighted by atomic mass is 10.2. The Morgan fingerprint density at radius 3 is 2.95 bits per heavy atom. The minimum absolute atomic E-state index is 0.296. The minimum atomic E-state index is 0.296. The van der Waals surface area contributed by atoms with Gasteiger partial charge in [-0.2, -0.15) is 4.98 Å². The SMILES string of the molecule is CCNc1nccc(NCc2ccc3c(c2)OCO3)n1. The monoisotopic (exact) mass is 272 g/mol. The second-order valence-corrected chi connectivity index (χ2v) is 4.34. The maximum Gasteiger partial charge on any atom is 0.231 e. The van der Waals surface area contributed by atoms with Crippen molar-refractivity contribution >= 4 is 11.8 Å². The summed E-state index contributed by atoms with van der Waals surface area (Å²) in [6, 6.07) is 7.74. The van der Waals surface area contributed by atoms with Crippen molar-refractivity contribution in [3.63, 3.8) is 0 Å². The maximum atomic E-state index is 5.36. The van der Waals surface area contributed by atoms with E-state index >= 15 is 0 Å². The van der Waals surface area contributed by atoms with Gasteiger partial charge in [0.2, 0.25) is 12.7 Å². The number of aromatic nitrogens is 2. The number of anilines is 2. The van der Waals surface area contributed by atoms with Crippen molar-refractivity contribution in [3.05, 3.63) is 36.0 Å². The summed E-state index contributed by atoms with van der Waals surface area (Å²) < 4.78 is 10.6. The Kier molecular flexibility index (Phi) is 3.54. The average molecular weight is 272 g/mol. The van der Waals surface area contributed by atoms with Crippen LogP contribution in [0.2, 0.25) is 0 Å². The molecule has 104 valence electrons. The van der Waals surface area contributed by atoms with Crippen LogP contribution in [0.5, 0.6) is 11.5 Å². The van der Waals surface area contributed by atoms with E-state index in [0.717, 1.165) is 29.4 Å². The zero-order chi connectivity index (χ0) is 13.8. The Labute approximate surface area is 117 Å². The third kappa shape index (κ3) is 2.74. The lowest BCUT2D eigenvalue weighted by Gasteiger charge is -2.08. The molecule has 2 heterocycles. The maximum absolute atomic E-state index is 5.36. The van der Waals surface area contributed by atoms with Crippen LogP contribution in [0.1, 0.15) is 12.5 Å². The molecular weight excluding hydrogens is 256 g/mol. The number of hydrogen-bond donors (Lipinski definition) is 2. The third-order valence-electron chi connectivity index (χ3n) is 2.90. The van der Waals surface area contributed by atoms with E-state index in [9.17, 15) is 0 Å². The molecule has 0 amide bonds. The Hall–Kier alpha value is -2.50. The molecule has 1 aliphatic heterocycles. The molecule has 0 atom stereocenters. The summed E-state index contributed by atoms with van der Waals surface area (Å²) in [4.78, 5) is 8.49. The van der Waals surface area contributed by atoms with Gasteiger partial charge in [0.25, 0.3) is 0 Å². The smallest absolute Gasteiger partial charge is 0.231 e. The van der Waals surface area contributed by atoms with Crippen LogP contribution in [0.15, 0.2) is 30.5 Å². The summed E-state index contributed by atoms with van der Waals surface area (Å²) in [7, 11) is 0. The first-order chi connectivity index (χ1) is 9.85. The molecule has 6 nitrogen and oxygen atoms in total. The van der Waals surface area contributed by atoms with Crippen molar-refractivity contribution in [1.82, 2.24) is 9.97 Å². The highest BCUT2D eigenvalue weighted by Crippen LogP contribution is 2.32. The van der Waals surface area contributed by atoms with Crippen molar-refractivity contribution in [1.29, 1.82) is 0 Å². The highest BCUT2D eigenvalue weighted by atomic mass is 16.7. The fourth-order valence-corrected chi connectivity index (χ4v) is 1.94. The number of fused-ring (bicyclic) bond motifs is 1. The molecule has 2 aromatic rings. The third-order valence-corrected chi connectivity index (χ3v) is 2.90. The standard InChI is InChI=1S/C14H16N4O2/c1-2-15-14-16-6-5-13(18-14)17-8-10-3-4-11-12(7-10)20-9-19-11/h3-7H,2,8-9H2,1H3,(H2,15,16,17,18). The molecule has 0 saturated heterocycles. The van der Waals surface area contributed by atoms with E-state index in [1.807, 2.05) is 31.2 Å². The van der Waals surface area contributed by atoms with Gasteiger partial charge in [-0.05, 0) is 30.7 Å². The van der Waals surface area contributed by atoms with Crippen LogP contribution in [0.4, 0.5) is 11.8 Å². The molecule has 0 spiro atoms. The van der Waals surface area contributed by atoms with Gasteiger partial charge in [0.15, 0.2) is 11.5 Å². The predicted octanol–water partition coefficient (Wildman–Crippen LogP) is 2.25. The Balaban J connectivity index is 1.65. The lowest BCUT2D eigenvalue weighted by Crippen LogP contribution is -2.06. The van der Waals surface area contributed by atoms with Gasteiger partial charge >= 0.3 is 0 Å². The number of rotatable bonds is 5. The van der Waals surface area contributed by atoms with Crippen molar-refractivity contribution in [2.45, 2.75) is 13.5 Å². The second-order valence-electron chi connectivity index (χ2n) is 4.34. The van der Waals surface area contributed by atoms with Gasteiger partial charge in [0, 0.05) is 19.3 Å². The zero-order valence-electron chi connectivity index (χ0n) is 11.2. The number of ether oxygens (including phenoxy) is 2. The molecule has 6 heteroatoms. The number of benzene rings is 1. The Bertz CT molecular complexity index is 603. The normalized spacial score (nSPS) is 12.2. The minimum Gasteiger partial charge on any atom is -0.454 e. The Morgan fingerprint density at radius 2 is 2.05 bits per heavy atom. The average Bonchev–Trinajstić information content (AvgIpc) is 2.93. The van der Waals surface area contributed by atoms with Crippen LogP contribution in [-0.4, -0.2) is 23.3 Å². The first kappa shape index (κ1) is 12.5. The largest absolute Gasteiger partial charge is 0.454 e. The summed E-state index contributed by atoms with van der Waals surface area (Å²) in [5.41, 5.74) is 1.11. The lowest BCUT2D eigenvalue weighted by molar-refractivity contribution is 0.174. The second kappa shape index (κ2) is 5.64. The van der Waals surface area contributed by atoms with Crippen LogP contribution >= 0.6 is 0 Å². The summed E-state index contributed by atoms with van der Waals surface area (Å²) >= 11 is 0. The van der Waals surface area contributed by atoms with Crippen molar-refractivity contribution < 1.29 is 9.47 Å². The van der Waals surface area contributed by atoms with E-state index in [0.29, 0.717) is 19.3 Å². The molecular formula is C14H16N4O2. The number of hydrogen-bond acceptors (Lipinski definition) is 6. The van der Waals surface area contributed by atoms with E-state index in [-0.39, 0.29) is 0 Å². The van der Waals surface area contributed by atoms with Gasteiger partial charge in [0.1, 0.15) is 5.82 Å². The van der Waals surface area contributed by atoms with E-state index in [1.165, 1.54) is 0 Å². The van der Waals surface area contributed by atoms with E-state index < -0.39 is 0 Å². The molecule has 2 N–H and O–H groups in total. The van der Waals surface area contributed by atoms with Crippen molar-refractivity contribution in [3.8, 4) is 11.5 Å². The number of nitrogens with one attached hydrogen (secondary N) is 2. The highest BCUT2D eigenvalue weighted by molar-refractivity contribution is 5.46. The van der Waals surface area contributed by atoms with Gasteiger partial charge in [-0.3, -0.25) is 0 Å². The first-order valence-electron chi connectivity index (χ1n) is 6.54. The topological polar surface area (TPSA) is 68.3 Å². The molecule has 0 bridgehead atoms. The van der Waals surface area contributed by atoms with Crippen LogP contribution in [-0.2, 0) is 6.54 Å². The first-order valence-corrected chi connectivity index (χ1v) is 6.54. The molecule has 20 heavy (non-hydrogen) atoms. The summed E-state index contributed by atoms with van der Waals surface area (Å²) in [6.07, 6.45) is 1.73. The summed E-state index contributed by atoms with van der Waals surface area (Å²) in [5.74, 6) is 3.00. The molecule has 0 fully saturated rings. The van der Waals surface area contributed by atoms with Crippen molar-refractivity contribution in [2.75, 3.05) is 24.0 Å². The summed E-state index contributed by atoms with van der Waals surface area (Å²) in [5, 5.41) is 6.34. The van der Waals surface area contributed by atoms with Crippen LogP contribution in [0, 0.1) is 0 Å². The van der Waals surface area contributed by atoms with Crippen molar-refractivity contribution in [2.24, 2.45) is 0 Å². The molecule has 0 aliphatic carbocycles. The fourth-order valence-electron chi connectivity index (χ4n) is 1.94. The van der Waals surface area contributed by atoms with E-state index in [4.69, 9.17) is 9.47 Å². The van der Waals surface area contributed by atoms with Gasteiger partial charge < -0.3 is 20.1 Å². The van der Waals surface area contributed by atoms with Crippen LogP contribution < -0.4 is 20.1 Å². The molecule has 0 unspecified atom stereocenters. The fraction of sp³-hybridized carbons (Fsp3) is 0.286. The molecule has 3 rings (SSSR count). The Morgan fingerprint density at radius 1 is 1.15 bits per heavy atom. The zero-order valence-corrected chi connectivity index (χ0v) is 11.2. The van der Waals surface area contributed by atoms with Crippen LogP contribution in [0.3, 0.4) is 0 Å². The molecule has 1 aliphatic rings. The molecule has 1 aromatic carbocycles. The predicted molar refractivity (Wildman–Crippen MR) is 76.1 cm³/mol. The van der Waals surface area contributed by atoms with Gasteiger partial charge in [-0.1, -0.05) is 6.07 Å². The van der Waals surface area contributed by atoms with Gasteiger partial charge in [0.05, 0.1) is 0 Å². The molecule has 0 radical (unpaired) electrons. The number of nitrogens with zero attached hydrogens (tertiary/aromatic N) is 2. The van der Waals surface area contributed by atoms with Crippen LogP contribution in [0.25, 0.3) is 0 Å². The van der Waals surface area contributed by atoms with Gasteiger partial charge in [-0.25, -0.2) is 4.98 Å².